The van der Waals surface area contributed by atoms with Crippen LogP contribution in [0, 0.1) is 16.7 Å². The van der Waals surface area contributed by atoms with Crippen LogP contribution in [0.1, 0.15) is 69.3 Å². The number of nitrogens with zero attached hydrogens (tertiary/aromatic N) is 1. The van der Waals surface area contributed by atoms with Crippen LogP contribution in [-0.4, -0.2) is 62.7 Å². The first-order valence-corrected chi connectivity index (χ1v) is 13.6. The number of ether oxygens (including phenoxy) is 2. The third-order valence-corrected chi connectivity index (χ3v) is 7.67. The fraction of sp³-hybridized carbons (Fsp3) is 0.600. The second kappa shape index (κ2) is 11.4. The number of hydrogen-bond donors (Lipinski definition) is 2. The van der Waals surface area contributed by atoms with Crippen molar-refractivity contribution < 1.29 is 19.1 Å². The van der Waals surface area contributed by atoms with Gasteiger partial charge in [0, 0.05) is 37.3 Å². The van der Waals surface area contributed by atoms with Gasteiger partial charge in [-0.05, 0) is 67.2 Å². The zero-order chi connectivity index (χ0) is 26.6. The monoisotopic (exact) mass is 509 g/mol. The second-order valence-corrected chi connectivity index (χ2v) is 12.0. The Morgan fingerprint density at radius 3 is 2.59 bits per heavy atom. The highest BCUT2D eigenvalue weighted by atomic mass is 16.5. The summed E-state index contributed by atoms with van der Waals surface area (Å²) in [4.78, 5) is 28.0. The molecule has 37 heavy (non-hydrogen) atoms. The molecular formula is C30H43N3O4. The van der Waals surface area contributed by atoms with E-state index in [9.17, 15) is 9.59 Å². The van der Waals surface area contributed by atoms with Crippen molar-refractivity contribution in [2.24, 2.45) is 22.5 Å². The lowest BCUT2D eigenvalue weighted by molar-refractivity contribution is -0.126. The fourth-order valence-corrected chi connectivity index (χ4v) is 5.20. The van der Waals surface area contributed by atoms with Crippen molar-refractivity contribution in [2.75, 3.05) is 46.0 Å². The number of nitrogens with two attached hydrogens (primary N) is 1. The van der Waals surface area contributed by atoms with Crippen LogP contribution in [0.3, 0.4) is 0 Å². The molecule has 1 aromatic carbocycles. The molecule has 2 fully saturated rings. The standard InChI is InChI=1S/C30H43N3O4/c1-21-10-11-30(28(31)35,23-7-8-23)19-25(21)24-9-6-22(27(34)32-20-29(2,3)4)18-26(24)37-15-5-12-33-13-16-36-17-14-33/h6,9-11,18,23H,5,7-8,12-17,19-20H2,1-4H3,(H2,31,35)(H,32,34). The van der Waals surface area contributed by atoms with Gasteiger partial charge < -0.3 is 20.5 Å². The molecule has 0 aromatic heterocycles. The van der Waals surface area contributed by atoms with Crippen LogP contribution >= 0.6 is 0 Å². The minimum Gasteiger partial charge on any atom is -0.493 e. The van der Waals surface area contributed by atoms with Crippen LogP contribution in [0.25, 0.3) is 5.57 Å². The molecule has 1 atom stereocenters. The highest BCUT2D eigenvalue weighted by Gasteiger charge is 2.49. The van der Waals surface area contributed by atoms with E-state index in [1.54, 1.807) is 0 Å². The Morgan fingerprint density at radius 1 is 1.22 bits per heavy atom. The Balaban J connectivity index is 1.56. The molecule has 4 rings (SSSR count). The first kappa shape index (κ1) is 27.4. The number of primary amides is 1. The van der Waals surface area contributed by atoms with E-state index in [-0.39, 0.29) is 17.2 Å². The van der Waals surface area contributed by atoms with Crippen molar-refractivity contribution in [3.8, 4) is 5.75 Å². The van der Waals surface area contributed by atoms with Crippen LogP contribution < -0.4 is 15.8 Å². The molecule has 3 aliphatic rings. The number of nitrogens with one attached hydrogen (secondary N) is 1. The van der Waals surface area contributed by atoms with Crippen molar-refractivity contribution in [3.05, 3.63) is 47.1 Å². The average molecular weight is 510 g/mol. The van der Waals surface area contributed by atoms with Gasteiger partial charge in [-0.3, -0.25) is 14.5 Å². The third kappa shape index (κ3) is 6.82. The molecule has 7 nitrogen and oxygen atoms in total. The number of carbonyl (C=O) groups excluding carboxylic acids is 2. The summed E-state index contributed by atoms with van der Waals surface area (Å²) in [7, 11) is 0. The molecule has 0 spiro atoms. The summed E-state index contributed by atoms with van der Waals surface area (Å²) in [5, 5.41) is 3.04. The Kier molecular flexibility index (Phi) is 8.44. The van der Waals surface area contributed by atoms with E-state index in [0.29, 0.717) is 36.8 Å². The Bertz CT molecular complexity index is 1060. The number of allylic oxidation sites excluding steroid dienone is 3. The van der Waals surface area contributed by atoms with Crippen LogP contribution in [0.5, 0.6) is 5.75 Å². The van der Waals surface area contributed by atoms with Crippen molar-refractivity contribution in [1.82, 2.24) is 10.2 Å². The lowest BCUT2D eigenvalue weighted by Gasteiger charge is -2.33. The van der Waals surface area contributed by atoms with Gasteiger partial charge in [-0.2, -0.15) is 0 Å². The SMILES string of the molecule is CC1=C(c2ccc(C(=O)NCC(C)(C)C)cc2OCCCN2CCOCC2)CC(C(N)=O)(C2CC2)C=C1. The van der Waals surface area contributed by atoms with E-state index < -0.39 is 5.41 Å². The fourth-order valence-electron chi connectivity index (χ4n) is 5.20. The first-order valence-electron chi connectivity index (χ1n) is 13.6. The molecule has 1 heterocycles. The van der Waals surface area contributed by atoms with Crippen LogP contribution in [0.4, 0.5) is 0 Å². The van der Waals surface area contributed by atoms with Gasteiger partial charge in [0.25, 0.3) is 5.91 Å². The highest BCUT2D eigenvalue weighted by Crippen LogP contribution is 2.54. The summed E-state index contributed by atoms with van der Waals surface area (Å²) >= 11 is 0. The van der Waals surface area contributed by atoms with E-state index in [1.165, 1.54) is 0 Å². The summed E-state index contributed by atoms with van der Waals surface area (Å²) in [5.41, 5.74) is 8.98. The van der Waals surface area contributed by atoms with Gasteiger partial charge in [-0.1, -0.05) is 39.0 Å². The molecule has 1 aromatic rings. The minimum absolute atomic E-state index is 0.00825. The molecule has 2 aliphatic carbocycles. The normalized spacial score (nSPS) is 22.7. The van der Waals surface area contributed by atoms with Crippen LogP contribution in [-0.2, 0) is 9.53 Å². The molecule has 2 amide bonds. The summed E-state index contributed by atoms with van der Waals surface area (Å²) < 4.78 is 11.8. The topological polar surface area (TPSA) is 93.9 Å². The van der Waals surface area contributed by atoms with E-state index in [2.05, 4.69) is 37.9 Å². The number of amides is 2. The maximum atomic E-state index is 13.0. The van der Waals surface area contributed by atoms with Crippen molar-refractivity contribution >= 4 is 17.4 Å². The maximum Gasteiger partial charge on any atom is 0.251 e. The molecule has 0 bridgehead atoms. The van der Waals surface area contributed by atoms with Crippen molar-refractivity contribution in [1.29, 1.82) is 0 Å². The average Bonchev–Trinajstić information content (AvgIpc) is 3.72. The smallest absolute Gasteiger partial charge is 0.251 e. The third-order valence-electron chi connectivity index (χ3n) is 7.67. The van der Waals surface area contributed by atoms with E-state index >= 15 is 0 Å². The molecule has 0 radical (unpaired) electrons. The first-order chi connectivity index (χ1) is 17.6. The predicted octanol–water partition coefficient (Wildman–Crippen LogP) is 4.18. The molecular weight excluding hydrogens is 466 g/mol. The van der Waals surface area contributed by atoms with E-state index in [1.807, 2.05) is 30.4 Å². The highest BCUT2D eigenvalue weighted by molar-refractivity contribution is 5.96. The van der Waals surface area contributed by atoms with Gasteiger partial charge in [0.15, 0.2) is 0 Å². The quantitative estimate of drug-likeness (QED) is 0.462. The van der Waals surface area contributed by atoms with Gasteiger partial charge in [-0.15, -0.1) is 0 Å². The molecule has 7 heteroatoms. The summed E-state index contributed by atoms with van der Waals surface area (Å²) in [6.07, 6.45) is 7.55. The molecule has 202 valence electrons. The number of rotatable bonds is 10. The van der Waals surface area contributed by atoms with Crippen molar-refractivity contribution in [3.63, 3.8) is 0 Å². The Hall–Kier alpha value is -2.64. The largest absolute Gasteiger partial charge is 0.493 e. The molecule has 3 N–H and O–H groups in total. The van der Waals surface area contributed by atoms with Gasteiger partial charge in [-0.25, -0.2) is 0 Å². The van der Waals surface area contributed by atoms with Crippen LogP contribution in [0.15, 0.2) is 35.9 Å². The maximum absolute atomic E-state index is 13.0. The lowest BCUT2D eigenvalue weighted by atomic mass is 9.70. The lowest BCUT2D eigenvalue weighted by Crippen LogP contribution is -2.39. The summed E-state index contributed by atoms with van der Waals surface area (Å²) in [6.45, 7) is 13.9. The molecule has 1 unspecified atom stereocenters. The summed E-state index contributed by atoms with van der Waals surface area (Å²) in [5.74, 6) is 0.606. The van der Waals surface area contributed by atoms with Gasteiger partial charge in [0.05, 0.1) is 25.2 Å². The number of morpholine rings is 1. The van der Waals surface area contributed by atoms with Gasteiger partial charge in [0.1, 0.15) is 5.75 Å². The molecule has 1 saturated carbocycles. The molecule has 1 saturated heterocycles. The Labute approximate surface area is 221 Å². The zero-order valence-corrected chi connectivity index (χ0v) is 22.9. The van der Waals surface area contributed by atoms with Crippen molar-refractivity contribution in [2.45, 2.75) is 53.4 Å². The number of hydrogen-bond acceptors (Lipinski definition) is 5. The number of benzene rings is 1. The number of carbonyl (C=O) groups is 2. The van der Waals surface area contributed by atoms with Crippen LogP contribution in [0.2, 0.25) is 0 Å². The zero-order valence-electron chi connectivity index (χ0n) is 22.9. The van der Waals surface area contributed by atoms with Gasteiger partial charge in [0.2, 0.25) is 5.91 Å². The van der Waals surface area contributed by atoms with Gasteiger partial charge >= 0.3 is 0 Å². The van der Waals surface area contributed by atoms with E-state index in [0.717, 1.165) is 68.8 Å². The minimum atomic E-state index is -0.648. The summed E-state index contributed by atoms with van der Waals surface area (Å²) in [6, 6.07) is 5.68. The predicted molar refractivity (Wildman–Crippen MR) is 146 cm³/mol. The van der Waals surface area contributed by atoms with E-state index in [4.69, 9.17) is 15.2 Å². The second-order valence-electron chi connectivity index (χ2n) is 12.0. The molecule has 1 aliphatic heterocycles. The Morgan fingerprint density at radius 2 is 1.95 bits per heavy atom.